The van der Waals surface area contributed by atoms with Crippen LogP contribution in [-0.2, 0) is 41.6 Å². The first-order valence-electron chi connectivity index (χ1n) is 19.3. The third kappa shape index (κ3) is 7.79. The van der Waals surface area contributed by atoms with Crippen molar-refractivity contribution in [1.29, 1.82) is 0 Å². The van der Waals surface area contributed by atoms with Crippen molar-refractivity contribution in [2.45, 2.75) is 94.8 Å². The standard InChI is InChI=1S/C42H45N3O14/c1-20-8-6-11-23-31(20)38(52)34-33(36(23)50)37(51)24-15-42(56,28(47)18-46)16-27(32(24)39(34)53)59-30-14-25(35(49)21(2)58-30)44-40(54)26-12-7-13-45(26)29(48)17-43-41(55)57-19-22-9-4-3-5-10-22/h3-6,8-11,21,25-27,30,35,46,49,51,53,56H,7,12-19H2,1-2H3,(H,43,55)(H,44,54)/t21?,25?,26-,27-,30?,35?,42-/m0/s1. The fourth-order valence-corrected chi connectivity index (χ4v) is 8.53. The number of aromatic hydroxyl groups is 2. The number of carbonyl (C=O) groups excluding carboxylic acids is 6. The number of nitrogens with one attached hydrogen (secondary N) is 2. The number of ketones is 3. The fraction of sp³-hybridized carbons (Fsp3) is 0.429. The van der Waals surface area contributed by atoms with E-state index in [1.807, 2.05) is 6.07 Å². The number of hydrogen-bond acceptors (Lipinski definition) is 14. The third-order valence-electron chi connectivity index (χ3n) is 11.6. The van der Waals surface area contributed by atoms with E-state index >= 15 is 0 Å². The molecule has 0 radical (unpaired) electrons. The number of rotatable bonds is 10. The van der Waals surface area contributed by atoms with Crippen molar-refractivity contribution in [2.75, 3.05) is 19.7 Å². The first-order chi connectivity index (χ1) is 28.1. The molecule has 3 aromatic rings. The molecule has 4 unspecified atom stereocenters. The number of ether oxygens (including phenoxy) is 3. The summed E-state index contributed by atoms with van der Waals surface area (Å²) in [4.78, 5) is 81.1. The number of amides is 3. The van der Waals surface area contributed by atoms with E-state index in [-0.39, 0.29) is 41.8 Å². The number of aliphatic hydroxyl groups excluding tert-OH is 2. The van der Waals surface area contributed by atoms with Crippen LogP contribution in [0, 0.1) is 6.92 Å². The lowest BCUT2D eigenvalue weighted by atomic mass is 9.71. The molecule has 7 N–H and O–H groups in total. The monoisotopic (exact) mass is 815 g/mol. The Morgan fingerprint density at radius 1 is 0.983 bits per heavy atom. The van der Waals surface area contributed by atoms with Crippen LogP contribution in [0.3, 0.4) is 0 Å². The second-order valence-corrected chi connectivity index (χ2v) is 15.4. The summed E-state index contributed by atoms with van der Waals surface area (Å²) in [7, 11) is 0. The highest BCUT2D eigenvalue weighted by atomic mass is 16.7. The van der Waals surface area contributed by atoms with Crippen LogP contribution in [0.4, 0.5) is 4.79 Å². The van der Waals surface area contributed by atoms with E-state index in [9.17, 15) is 54.3 Å². The van der Waals surface area contributed by atoms with E-state index < -0.39 is 126 Å². The van der Waals surface area contributed by atoms with Gasteiger partial charge in [-0.05, 0) is 37.8 Å². The average Bonchev–Trinajstić information content (AvgIpc) is 3.72. The molecule has 4 aliphatic rings. The molecule has 2 saturated heterocycles. The first-order valence-corrected chi connectivity index (χ1v) is 19.3. The maximum Gasteiger partial charge on any atom is 0.407 e. The van der Waals surface area contributed by atoms with Crippen molar-refractivity contribution >= 4 is 35.3 Å². The SMILES string of the molecule is Cc1cccc2c1C(=O)c1c(O)c3c(c(O)c1C2=O)C[C@@](O)(C(=O)CO)C[C@@H]3OC1CC(NC(=O)[C@@H]2CCCN2C(=O)CNC(=O)OCc2ccccc2)C(O)C(C)O1. The summed E-state index contributed by atoms with van der Waals surface area (Å²) in [6.07, 6.45) is -6.48. The van der Waals surface area contributed by atoms with Crippen molar-refractivity contribution < 1.29 is 68.5 Å². The molecule has 7 atom stereocenters. The van der Waals surface area contributed by atoms with E-state index in [1.165, 1.54) is 17.9 Å². The molecule has 2 heterocycles. The van der Waals surface area contributed by atoms with Gasteiger partial charge in [0, 0.05) is 48.1 Å². The molecule has 0 spiro atoms. The van der Waals surface area contributed by atoms with Gasteiger partial charge in [-0.2, -0.15) is 0 Å². The maximum atomic E-state index is 13.9. The Bertz CT molecular complexity index is 2210. The van der Waals surface area contributed by atoms with Crippen LogP contribution in [-0.4, -0.2) is 122 Å². The van der Waals surface area contributed by atoms with E-state index in [0.29, 0.717) is 18.4 Å². The van der Waals surface area contributed by atoms with Gasteiger partial charge >= 0.3 is 6.09 Å². The second-order valence-electron chi connectivity index (χ2n) is 15.4. The first kappa shape index (κ1) is 41.4. The van der Waals surface area contributed by atoms with Gasteiger partial charge in [-0.1, -0.05) is 48.5 Å². The molecule has 0 saturated carbocycles. The van der Waals surface area contributed by atoms with Crippen LogP contribution in [0.1, 0.15) is 92.8 Å². The van der Waals surface area contributed by atoms with Gasteiger partial charge in [0.25, 0.3) is 0 Å². The number of phenolic OH excluding ortho intramolecular Hbond substituents is 2. The van der Waals surface area contributed by atoms with Gasteiger partial charge in [-0.3, -0.25) is 24.0 Å². The number of Topliss-reactive ketones (excluding diaryl/α,β-unsaturated/α-hetero) is 1. The number of fused-ring (bicyclic) bond motifs is 3. The van der Waals surface area contributed by atoms with Crippen LogP contribution < -0.4 is 10.6 Å². The summed E-state index contributed by atoms with van der Waals surface area (Å²) < 4.78 is 17.4. The normalized spacial score (nSPS) is 26.0. The van der Waals surface area contributed by atoms with Gasteiger partial charge in [0.15, 0.2) is 23.6 Å². The number of aryl methyl sites for hydroxylation is 1. The van der Waals surface area contributed by atoms with E-state index in [0.717, 1.165) is 5.56 Å². The van der Waals surface area contributed by atoms with Crippen LogP contribution in [0.2, 0.25) is 0 Å². The topological polar surface area (TPSA) is 259 Å². The smallest absolute Gasteiger partial charge is 0.407 e. The Hall–Kier alpha value is -5.72. The summed E-state index contributed by atoms with van der Waals surface area (Å²) >= 11 is 0. The molecular formula is C42H45N3O14. The highest BCUT2D eigenvalue weighted by Crippen LogP contribution is 2.52. The van der Waals surface area contributed by atoms with Crippen LogP contribution in [0.5, 0.6) is 11.5 Å². The van der Waals surface area contributed by atoms with E-state index in [1.54, 1.807) is 43.3 Å². The highest BCUT2D eigenvalue weighted by molar-refractivity contribution is 6.31. The van der Waals surface area contributed by atoms with Gasteiger partial charge in [-0.15, -0.1) is 0 Å². The molecular weight excluding hydrogens is 770 g/mol. The van der Waals surface area contributed by atoms with Crippen molar-refractivity contribution in [3.05, 3.63) is 93.0 Å². The molecule has 2 fully saturated rings. The number of carbonyl (C=O) groups is 6. The molecule has 2 aliphatic heterocycles. The van der Waals surface area contributed by atoms with Gasteiger partial charge in [-0.25, -0.2) is 4.79 Å². The van der Waals surface area contributed by atoms with E-state index in [2.05, 4.69) is 10.6 Å². The van der Waals surface area contributed by atoms with Crippen LogP contribution in [0.15, 0.2) is 48.5 Å². The fourth-order valence-electron chi connectivity index (χ4n) is 8.53. The zero-order chi connectivity index (χ0) is 42.3. The predicted octanol–water partition coefficient (Wildman–Crippen LogP) is 1.38. The molecule has 312 valence electrons. The summed E-state index contributed by atoms with van der Waals surface area (Å²) in [5.41, 5.74) is -2.53. The van der Waals surface area contributed by atoms with Crippen molar-refractivity contribution in [1.82, 2.24) is 15.5 Å². The Labute approximate surface area is 337 Å². The van der Waals surface area contributed by atoms with Crippen molar-refractivity contribution in [3.63, 3.8) is 0 Å². The number of nitrogens with zero attached hydrogens (tertiary/aromatic N) is 1. The summed E-state index contributed by atoms with van der Waals surface area (Å²) in [5, 5.41) is 61.1. The predicted molar refractivity (Wildman–Crippen MR) is 203 cm³/mol. The number of likely N-dealkylation sites (tertiary alicyclic amines) is 1. The number of aliphatic hydroxyl groups is 3. The largest absolute Gasteiger partial charge is 0.507 e. The Balaban J connectivity index is 1.09. The number of hydrogen-bond donors (Lipinski definition) is 7. The average molecular weight is 816 g/mol. The van der Waals surface area contributed by atoms with E-state index in [4.69, 9.17) is 14.2 Å². The lowest BCUT2D eigenvalue weighted by Crippen LogP contribution is -2.58. The van der Waals surface area contributed by atoms with Gasteiger partial charge in [0.1, 0.15) is 49.0 Å². The molecule has 3 aromatic carbocycles. The summed E-state index contributed by atoms with van der Waals surface area (Å²) in [6.45, 7) is 1.86. The van der Waals surface area contributed by atoms with Gasteiger partial charge in [0.05, 0.1) is 29.4 Å². The number of alkyl carbamates (subject to hydrolysis) is 1. The lowest BCUT2D eigenvalue weighted by molar-refractivity contribution is -0.249. The molecule has 17 heteroatoms. The maximum absolute atomic E-state index is 13.9. The Kier molecular flexibility index (Phi) is 11.6. The molecule has 7 rings (SSSR count). The highest BCUT2D eigenvalue weighted by Gasteiger charge is 2.50. The quantitative estimate of drug-likeness (QED) is 0.112. The van der Waals surface area contributed by atoms with Crippen LogP contribution in [0.25, 0.3) is 0 Å². The Morgan fingerprint density at radius 2 is 1.71 bits per heavy atom. The second kappa shape index (κ2) is 16.5. The van der Waals surface area contributed by atoms with Crippen LogP contribution >= 0.6 is 0 Å². The zero-order valence-corrected chi connectivity index (χ0v) is 32.3. The minimum atomic E-state index is -2.36. The van der Waals surface area contributed by atoms with Crippen molar-refractivity contribution in [2.24, 2.45) is 0 Å². The minimum Gasteiger partial charge on any atom is -0.507 e. The lowest BCUT2D eigenvalue weighted by Gasteiger charge is -2.43. The molecule has 2 aliphatic carbocycles. The minimum absolute atomic E-state index is 0.000292. The van der Waals surface area contributed by atoms with Crippen molar-refractivity contribution in [3.8, 4) is 11.5 Å². The summed E-state index contributed by atoms with van der Waals surface area (Å²) in [6, 6.07) is 11.6. The molecule has 17 nitrogen and oxygen atoms in total. The molecule has 0 bridgehead atoms. The van der Waals surface area contributed by atoms with Gasteiger partial charge in [0.2, 0.25) is 11.8 Å². The molecule has 59 heavy (non-hydrogen) atoms. The molecule has 0 aromatic heterocycles. The third-order valence-corrected chi connectivity index (χ3v) is 11.6. The molecule has 3 amide bonds. The zero-order valence-electron chi connectivity index (χ0n) is 32.3. The Morgan fingerprint density at radius 3 is 2.44 bits per heavy atom. The van der Waals surface area contributed by atoms with Gasteiger partial charge < -0.3 is 55.3 Å². The summed E-state index contributed by atoms with van der Waals surface area (Å²) in [5.74, 6) is -5.09. The number of phenols is 2. The number of benzene rings is 3.